The number of hydrogen-bond donors (Lipinski definition) is 2. The lowest BCUT2D eigenvalue weighted by Gasteiger charge is -2.14. The Kier molecular flexibility index (Phi) is 4.56. The second-order valence-corrected chi connectivity index (χ2v) is 6.93. The highest BCUT2D eigenvalue weighted by Gasteiger charge is 2.19. The van der Waals surface area contributed by atoms with Crippen LogP contribution in [0.1, 0.15) is 29.8 Å². The normalized spacial score (nSPS) is 11.6. The molecule has 0 fully saturated rings. The lowest BCUT2D eigenvalue weighted by molar-refractivity contribution is 0.0696. The quantitative estimate of drug-likeness (QED) is 0.852. The fourth-order valence-corrected chi connectivity index (χ4v) is 3.08. The van der Waals surface area contributed by atoms with Crippen molar-refractivity contribution in [3.63, 3.8) is 0 Å². The van der Waals surface area contributed by atoms with Crippen molar-refractivity contribution in [1.29, 1.82) is 0 Å². The molecule has 6 nitrogen and oxygen atoms in total. The molecule has 2 N–H and O–H groups in total. The maximum Gasteiger partial charge on any atom is 0.335 e. The molecule has 1 heterocycles. The molecule has 7 heteroatoms. The third-order valence-electron chi connectivity index (χ3n) is 2.98. The standard InChI is InChI=1S/C15H17NO5S/c1-10(2)8-12-9-11(15(17)18)5-6-13(12)16-22(19,20)14-4-3-7-21-14/h3-7,9-10,16H,8H2,1-2H3,(H,17,18). The minimum Gasteiger partial charge on any atom is -0.478 e. The van der Waals surface area contributed by atoms with E-state index in [4.69, 9.17) is 9.52 Å². The minimum absolute atomic E-state index is 0.122. The van der Waals surface area contributed by atoms with E-state index >= 15 is 0 Å². The van der Waals surface area contributed by atoms with Crippen molar-refractivity contribution < 1.29 is 22.7 Å². The van der Waals surface area contributed by atoms with Crippen LogP contribution >= 0.6 is 0 Å². The van der Waals surface area contributed by atoms with Gasteiger partial charge in [0.25, 0.3) is 10.0 Å². The van der Waals surface area contributed by atoms with Crippen LogP contribution in [0.2, 0.25) is 0 Å². The predicted molar refractivity (Wildman–Crippen MR) is 81.5 cm³/mol. The Morgan fingerprint density at radius 3 is 2.59 bits per heavy atom. The number of carboxylic acids is 1. The summed E-state index contributed by atoms with van der Waals surface area (Å²) in [6, 6.07) is 7.14. The van der Waals surface area contributed by atoms with E-state index in [1.165, 1.54) is 36.6 Å². The Morgan fingerprint density at radius 1 is 1.32 bits per heavy atom. The molecular formula is C15H17NO5S. The van der Waals surface area contributed by atoms with Gasteiger partial charge in [0.05, 0.1) is 17.5 Å². The summed E-state index contributed by atoms with van der Waals surface area (Å²) in [7, 11) is -3.83. The molecule has 0 bridgehead atoms. The predicted octanol–water partition coefficient (Wildman–Crippen LogP) is 2.98. The summed E-state index contributed by atoms with van der Waals surface area (Å²) < 4.78 is 31.8. The number of anilines is 1. The Bertz CT molecular complexity index is 763. The molecule has 0 aliphatic carbocycles. The fourth-order valence-electron chi connectivity index (χ4n) is 2.05. The summed E-state index contributed by atoms with van der Waals surface area (Å²) in [6.07, 6.45) is 1.83. The van der Waals surface area contributed by atoms with Crippen molar-refractivity contribution in [2.45, 2.75) is 25.4 Å². The van der Waals surface area contributed by atoms with Gasteiger partial charge in [0, 0.05) is 0 Å². The van der Waals surface area contributed by atoms with Crippen LogP contribution in [-0.2, 0) is 16.4 Å². The lowest BCUT2D eigenvalue weighted by atomic mass is 9.99. The van der Waals surface area contributed by atoms with Crippen molar-refractivity contribution in [3.8, 4) is 0 Å². The zero-order valence-electron chi connectivity index (χ0n) is 12.2. The van der Waals surface area contributed by atoms with E-state index in [1.54, 1.807) is 0 Å². The molecule has 0 atom stereocenters. The van der Waals surface area contributed by atoms with E-state index in [9.17, 15) is 13.2 Å². The van der Waals surface area contributed by atoms with E-state index in [0.29, 0.717) is 17.7 Å². The highest BCUT2D eigenvalue weighted by Crippen LogP contribution is 2.24. The number of carboxylic acid groups (broad SMARTS) is 1. The topological polar surface area (TPSA) is 96.6 Å². The van der Waals surface area contributed by atoms with Crippen LogP contribution < -0.4 is 4.72 Å². The minimum atomic E-state index is -3.83. The van der Waals surface area contributed by atoms with E-state index in [0.717, 1.165) is 0 Å². The first-order chi connectivity index (χ1) is 10.3. The Hall–Kier alpha value is -2.28. The van der Waals surface area contributed by atoms with Crippen molar-refractivity contribution >= 4 is 21.7 Å². The van der Waals surface area contributed by atoms with E-state index in [1.807, 2.05) is 13.8 Å². The average molecular weight is 323 g/mol. The Balaban J connectivity index is 2.39. The van der Waals surface area contributed by atoms with E-state index < -0.39 is 16.0 Å². The molecule has 22 heavy (non-hydrogen) atoms. The van der Waals surface area contributed by atoms with Crippen LogP contribution in [-0.4, -0.2) is 19.5 Å². The van der Waals surface area contributed by atoms with Gasteiger partial charge in [-0.25, -0.2) is 4.79 Å². The molecule has 0 unspecified atom stereocenters. The summed E-state index contributed by atoms with van der Waals surface area (Å²) in [6.45, 7) is 3.94. The molecule has 1 aromatic heterocycles. The number of rotatable bonds is 6. The molecular weight excluding hydrogens is 306 g/mol. The SMILES string of the molecule is CC(C)Cc1cc(C(=O)O)ccc1NS(=O)(=O)c1ccco1. The second-order valence-electron chi connectivity index (χ2n) is 5.31. The van der Waals surface area contributed by atoms with Gasteiger partial charge in [0.1, 0.15) is 0 Å². The zero-order chi connectivity index (χ0) is 16.3. The van der Waals surface area contributed by atoms with Crippen LogP contribution in [0.5, 0.6) is 0 Å². The molecule has 0 saturated carbocycles. The largest absolute Gasteiger partial charge is 0.478 e. The van der Waals surface area contributed by atoms with Crippen molar-refractivity contribution in [3.05, 3.63) is 47.7 Å². The molecule has 0 spiro atoms. The van der Waals surface area contributed by atoms with Gasteiger partial charge in [-0.2, -0.15) is 8.42 Å². The number of nitrogens with one attached hydrogen (secondary N) is 1. The third kappa shape index (κ3) is 3.67. The van der Waals surface area contributed by atoms with Crippen LogP contribution in [0.15, 0.2) is 46.1 Å². The highest BCUT2D eigenvalue weighted by molar-refractivity contribution is 7.92. The van der Waals surface area contributed by atoms with Crippen molar-refractivity contribution in [1.82, 2.24) is 0 Å². The molecule has 2 rings (SSSR count). The van der Waals surface area contributed by atoms with Crippen LogP contribution in [0, 0.1) is 5.92 Å². The van der Waals surface area contributed by atoms with Crippen LogP contribution in [0.4, 0.5) is 5.69 Å². The number of hydrogen-bond acceptors (Lipinski definition) is 4. The number of benzene rings is 1. The molecule has 1 aromatic carbocycles. The fraction of sp³-hybridized carbons (Fsp3) is 0.267. The summed E-state index contributed by atoms with van der Waals surface area (Å²) in [4.78, 5) is 11.1. The summed E-state index contributed by atoms with van der Waals surface area (Å²) in [5.41, 5.74) is 1.11. The summed E-state index contributed by atoms with van der Waals surface area (Å²) in [5, 5.41) is 8.87. The smallest absolute Gasteiger partial charge is 0.335 e. The molecule has 0 radical (unpaired) electrons. The number of furan rings is 1. The number of sulfonamides is 1. The monoisotopic (exact) mass is 323 g/mol. The maximum atomic E-state index is 12.2. The molecule has 0 aliphatic heterocycles. The van der Waals surface area contributed by atoms with Crippen molar-refractivity contribution in [2.24, 2.45) is 5.92 Å². The Morgan fingerprint density at radius 2 is 2.05 bits per heavy atom. The van der Waals surface area contributed by atoms with Gasteiger partial charge in [0.15, 0.2) is 0 Å². The lowest BCUT2D eigenvalue weighted by Crippen LogP contribution is -2.14. The van der Waals surface area contributed by atoms with Gasteiger partial charge in [-0.3, -0.25) is 4.72 Å². The van der Waals surface area contributed by atoms with Crippen molar-refractivity contribution in [2.75, 3.05) is 4.72 Å². The van der Waals surface area contributed by atoms with Gasteiger partial charge < -0.3 is 9.52 Å². The maximum absolute atomic E-state index is 12.2. The molecule has 118 valence electrons. The van der Waals surface area contributed by atoms with Gasteiger partial charge in [-0.05, 0) is 48.2 Å². The zero-order valence-corrected chi connectivity index (χ0v) is 13.1. The van der Waals surface area contributed by atoms with Crippen LogP contribution in [0.3, 0.4) is 0 Å². The highest BCUT2D eigenvalue weighted by atomic mass is 32.2. The number of aromatic carboxylic acids is 1. The molecule has 2 aromatic rings. The Labute approximate surface area is 128 Å². The third-order valence-corrected chi connectivity index (χ3v) is 4.24. The van der Waals surface area contributed by atoms with E-state index in [2.05, 4.69) is 4.72 Å². The van der Waals surface area contributed by atoms with Gasteiger partial charge in [-0.15, -0.1) is 0 Å². The van der Waals surface area contributed by atoms with Crippen LogP contribution in [0.25, 0.3) is 0 Å². The van der Waals surface area contributed by atoms with E-state index in [-0.39, 0.29) is 16.6 Å². The summed E-state index contributed by atoms with van der Waals surface area (Å²) in [5.74, 6) is -0.804. The molecule has 0 amide bonds. The van der Waals surface area contributed by atoms with Gasteiger partial charge >= 0.3 is 5.97 Å². The molecule has 0 aliphatic rings. The second kappa shape index (κ2) is 6.23. The van der Waals surface area contributed by atoms with Gasteiger partial charge in [-0.1, -0.05) is 13.8 Å². The van der Waals surface area contributed by atoms with Gasteiger partial charge in [0.2, 0.25) is 5.09 Å². The molecule has 0 saturated heterocycles. The first kappa shape index (κ1) is 16.1. The number of carbonyl (C=O) groups is 1. The first-order valence-electron chi connectivity index (χ1n) is 6.72. The summed E-state index contributed by atoms with van der Waals surface area (Å²) >= 11 is 0. The first-order valence-corrected chi connectivity index (χ1v) is 8.20. The average Bonchev–Trinajstić information content (AvgIpc) is 2.94.